The number of aliphatic hydroxyl groups excluding tert-OH is 1. The molecule has 21 heavy (non-hydrogen) atoms. The highest BCUT2D eigenvalue weighted by Gasteiger charge is 2.16. The molecule has 106 valence electrons. The molecule has 0 bridgehead atoms. The van der Waals surface area contributed by atoms with Crippen LogP contribution < -0.4 is 0 Å². The third-order valence-corrected chi connectivity index (χ3v) is 4.13. The van der Waals surface area contributed by atoms with Crippen molar-refractivity contribution in [1.82, 2.24) is 9.78 Å². The number of halogens is 2. The monoisotopic (exact) mass is 394 g/mol. The Morgan fingerprint density at radius 2 is 1.90 bits per heavy atom. The SMILES string of the molecule is OC(c1cnn(-c2ccccc2)c1)c1ccc(F)cc1I. The van der Waals surface area contributed by atoms with Crippen molar-refractivity contribution in [3.63, 3.8) is 0 Å². The highest BCUT2D eigenvalue weighted by Crippen LogP contribution is 2.27. The van der Waals surface area contributed by atoms with E-state index in [2.05, 4.69) is 5.10 Å². The Bertz CT molecular complexity index is 758. The zero-order valence-corrected chi connectivity index (χ0v) is 13.1. The summed E-state index contributed by atoms with van der Waals surface area (Å²) in [6.07, 6.45) is 2.58. The lowest BCUT2D eigenvalue weighted by molar-refractivity contribution is 0.219. The molecule has 3 nitrogen and oxygen atoms in total. The summed E-state index contributed by atoms with van der Waals surface area (Å²) < 4.78 is 15.5. The molecule has 0 saturated carbocycles. The number of rotatable bonds is 3. The van der Waals surface area contributed by atoms with Crippen molar-refractivity contribution >= 4 is 22.6 Å². The molecule has 1 aromatic heterocycles. The van der Waals surface area contributed by atoms with E-state index in [0.717, 1.165) is 5.69 Å². The van der Waals surface area contributed by atoms with Crippen molar-refractivity contribution in [3.05, 3.63) is 81.4 Å². The first-order valence-corrected chi connectivity index (χ1v) is 7.46. The Morgan fingerprint density at radius 3 is 2.62 bits per heavy atom. The lowest BCUT2D eigenvalue weighted by atomic mass is 10.0. The van der Waals surface area contributed by atoms with Crippen LogP contribution in [0.3, 0.4) is 0 Å². The molecule has 0 saturated heterocycles. The van der Waals surface area contributed by atoms with Crippen molar-refractivity contribution in [2.45, 2.75) is 6.10 Å². The molecule has 1 heterocycles. The van der Waals surface area contributed by atoms with Crippen molar-refractivity contribution in [2.24, 2.45) is 0 Å². The van der Waals surface area contributed by atoms with Crippen LogP contribution in [0.5, 0.6) is 0 Å². The first-order valence-electron chi connectivity index (χ1n) is 6.38. The van der Waals surface area contributed by atoms with Crippen LogP contribution in [0.25, 0.3) is 5.69 Å². The van der Waals surface area contributed by atoms with E-state index in [1.54, 1.807) is 23.1 Å². The van der Waals surface area contributed by atoms with Crippen LogP contribution in [0.15, 0.2) is 60.9 Å². The number of hydrogen-bond acceptors (Lipinski definition) is 2. The van der Waals surface area contributed by atoms with Gasteiger partial charge >= 0.3 is 0 Å². The van der Waals surface area contributed by atoms with Crippen LogP contribution in [0.4, 0.5) is 4.39 Å². The quantitative estimate of drug-likeness (QED) is 0.689. The second kappa shape index (κ2) is 5.95. The molecule has 0 spiro atoms. The van der Waals surface area contributed by atoms with E-state index in [1.807, 2.05) is 52.9 Å². The predicted molar refractivity (Wildman–Crippen MR) is 86.7 cm³/mol. The third kappa shape index (κ3) is 2.98. The highest BCUT2D eigenvalue weighted by atomic mass is 127. The van der Waals surface area contributed by atoms with Gasteiger partial charge in [0.1, 0.15) is 11.9 Å². The van der Waals surface area contributed by atoms with Crippen LogP contribution in [-0.4, -0.2) is 14.9 Å². The maximum Gasteiger partial charge on any atom is 0.124 e. The number of para-hydroxylation sites is 1. The summed E-state index contributed by atoms with van der Waals surface area (Å²) >= 11 is 2.02. The zero-order chi connectivity index (χ0) is 14.8. The first-order chi connectivity index (χ1) is 10.1. The first kappa shape index (κ1) is 14.2. The maximum atomic E-state index is 13.1. The lowest BCUT2D eigenvalue weighted by Crippen LogP contribution is -2.01. The van der Waals surface area contributed by atoms with Gasteiger partial charge in [-0.25, -0.2) is 9.07 Å². The molecule has 0 aliphatic heterocycles. The number of nitrogens with zero attached hydrogens (tertiary/aromatic N) is 2. The molecule has 1 N–H and O–H groups in total. The van der Waals surface area contributed by atoms with Gasteiger partial charge in [-0.15, -0.1) is 0 Å². The van der Waals surface area contributed by atoms with Gasteiger partial charge < -0.3 is 5.11 Å². The van der Waals surface area contributed by atoms with E-state index in [4.69, 9.17) is 0 Å². The average Bonchev–Trinajstić information content (AvgIpc) is 2.97. The van der Waals surface area contributed by atoms with Crippen LogP contribution in [-0.2, 0) is 0 Å². The summed E-state index contributed by atoms with van der Waals surface area (Å²) in [4.78, 5) is 0. The van der Waals surface area contributed by atoms with Gasteiger partial charge in [-0.2, -0.15) is 5.10 Å². The van der Waals surface area contributed by atoms with E-state index in [9.17, 15) is 9.50 Å². The molecule has 0 aliphatic rings. The Labute approximate surface area is 135 Å². The molecule has 3 rings (SSSR count). The fraction of sp³-hybridized carbons (Fsp3) is 0.0625. The zero-order valence-electron chi connectivity index (χ0n) is 10.9. The van der Waals surface area contributed by atoms with Gasteiger partial charge in [0.25, 0.3) is 0 Å². The second-order valence-electron chi connectivity index (χ2n) is 4.62. The Hall–Kier alpha value is -1.73. The molecule has 5 heteroatoms. The molecule has 0 amide bonds. The molecule has 1 atom stereocenters. The Kier molecular flexibility index (Phi) is 4.03. The average molecular weight is 394 g/mol. The maximum absolute atomic E-state index is 13.1. The minimum Gasteiger partial charge on any atom is -0.384 e. The molecule has 0 aliphatic carbocycles. The number of hydrogen-bond donors (Lipinski definition) is 1. The van der Waals surface area contributed by atoms with Gasteiger partial charge in [0.2, 0.25) is 0 Å². The number of aliphatic hydroxyl groups is 1. The largest absolute Gasteiger partial charge is 0.384 e. The van der Waals surface area contributed by atoms with E-state index >= 15 is 0 Å². The fourth-order valence-corrected chi connectivity index (χ4v) is 2.87. The van der Waals surface area contributed by atoms with Gasteiger partial charge in [-0.3, -0.25) is 0 Å². The molecular formula is C16H12FIN2O. The summed E-state index contributed by atoms with van der Waals surface area (Å²) in [5.74, 6) is -0.310. The van der Waals surface area contributed by atoms with Gasteiger partial charge in [0.15, 0.2) is 0 Å². The smallest absolute Gasteiger partial charge is 0.124 e. The highest BCUT2D eigenvalue weighted by molar-refractivity contribution is 14.1. The van der Waals surface area contributed by atoms with Gasteiger partial charge in [0.05, 0.1) is 11.9 Å². The van der Waals surface area contributed by atoms with E-state index < -0.39 is 6.10 Å². The van der Waals surface area contributed by atoms with Crippen LogP contribution in [0, 0.1) is 9.39 Å². The van der Waals surface area contributed by atoms with E-state index in [1.165, 1.54) is 12.1 Å². The Balaban J connectivity index is 1.92. The van der Waals surface area contributed by atoms with Crippen molar-refractivity contribution in [3.8, 4) is 5.69 Å². The molecule has 0 radical (unpaired) electrons. The van der Waals surface area contributed by atoms with Crippen LogP contribution in [0.2, 0.25) is 0 Å². The standard InChI is InChI=1S/C16H12FIN2O/c17-12-6-7-14(15(18)8-12)16(21)11-9-19-20(10-11)13-4-2-1-3-5-13/h1-10,16,21H. The molecule has 3 aromatic rings. The second-order valence-corrected chi connectivity index (χ2v) is 5.78. The van der Waals surface area contributed by atoms with Gasteiger partial charge in [0, 0.05) is 15.3 Å². The fourth-order valence-electron chi connectivity index (χ4n) is 2.10. The minimum absolute atomic E-state index is 0.310. The van der Waals surface area contributed by atoms with Crippen molar-refractivity contribution < 1.29 is 9.50 Å². The lowest BCUT2D eigenvalue weighted by Gasteiger charge is -2.11. The van der Waals surface area contributed by atoms with Crippen LogP contribution in [0.1, 0.15) is 17.2 Å². The predicted octanol–water partition coefficient (Wildman–Crippen LogP) is 3.70. The summed E-state index contributed by atoms with van der Waals surface area (Å²) in [6, 6.07) is 14.0. The molecule has 0 fully saturated rings. The van der Waals surface area contributed by atoms with E-state index in [-0.39, 0.29) is 5.82 Å². The summed E-state index contributed by atoms with van der Waals surface area (Å²) in [5, 5.41) is 14.7. The van der Waals surface area contributed by atoms with Gasteiger partial charge in [-0.05, 0) is 52.4 Å². The third-order valence-electron chi connectivity index (χ3n) is 3.20. The number of benzene rings is 2. The molecule has 2 aromatic carbocycles. The molecular weight excluding hydrogens is 382 g/mol. The topological polar surface area (TPSA) is 38.1 Å². The van der Waals surface area contributed by atoms with Crippen LogP contribution >= 0.6 is 22.6 Å². The minimum atomic E-state index is -0.824. The molecule has 1 unspecified atom stereocenters. The van der Waals surface area contributed by atoms with Gasteiger partial charge in [-0.1, -0.05) is 24.3 Å². The van der Waals surface area contributed by atoms with Crippen molar-refractivity contribution in [1.29, 1.82) is 0 Å². The number of aromatic nitrogens is 2. The summed E-state index contributed by atoms with van der Waals surface area (Å²) in [6.45, 7) is 0. The Morgan fingerprint density at radius 1 is 1.14 bits per heavy atom. The summed E-state index contributed by atoms with van der Waals surface area (Å²) in [7, 11) is 0. The van der Waals surface area contributed by atoms with E-state index in [0.29, 0.717) is 14.7 Å². The summed E-state index contributed by atoms with van der Waals surface area (Å²) in [5.41, 5.74) is 2.26. The van der Waals surface area contributed by atoms with Crippen molar-refractivity contribution in [2.75, 3.05) is 0 Å². The normalized spacial score (nSPS) is 12.3.